The van der Waals surface area contributed by atoms with Gasteiger partial charge in [-0.3, -0.25) is 0 Å². The molecule has 0 amide bonds. The van der Waals surface area contributed by atoms with Crippen molar-refractivity contribution in [2.75, 3.05) is 0 Å². The molecule has 0 saturated heterocycles. The van der Waals surface area contributed by atoms with E-state index < -0.39 is 12.5 Å². The normalized spacial score (nSPS) is 12.4. The van der Waals surface area contributed by atoms with Gasteiger partial charge in [-0.05, 0) is 25.0 Å². The van der Waals surface area contributed by atoms with Crippen molar-refractivity contribution in [3.8, 4) is 0 Å². The second kappa shape index (κ2) is 5.27. The minimum absolute atomic E-state index is 0. The van der Waals surface area contributed by atoms with Gasteiger partial charge in [-0.15, -0.1) is 12.4 Å². The Kier molecular flexibility index (Phi) is 5.02. The Labute approximate surface area is 88.7 Å². The first kappa shape index (κ1) is 13.3. The Morgan fingerprint density at radius 1 is 1.21 bits per heavy atom. The van der Waals surface area contributed by atoms with Crippen LogP contribution in [0.5, 0.6) is 0 Å². The van der Waals surface area contributed by atoms with E-state index in [0.29, 0.717) is 5.56 Å². The van der Waals surface area contributed by atoms with Crippen molar-refractivity contribution < 1.29 is 8.78 Å². The second-order valence-corrected chi connectivity index (χ2v) is 3.22. The molecule has 0 saturated carbocycles. The van der Waals surface area contributed by atoms with Crippen LogP contribution in [0, 0.1) is 13.8 Å². The zero-order valence-corrected chi connectivity index (χ0v) is 8.94. The van der Waals surface area contributed by atoms with E-state index in [0.717, 1.165) is 11.1 Å². The lowest BCUT2D eigenvalue weighted by Crippen LogP contribution is -2.19. The first-order chi connectivity index (χ1) is 6.02. The Bertz CT molecular complexity index is 302. The summed E-state index contributed by atoms with van der Waals surface area (Å²) in [7, 11) is 0. The van der Waals surface area contributed by atoms with Crippen molar-refractivity contribution in [1.82, 2.24) is 0 Å². The van der Waals surface area contributed by atoms with Crippen molar-refractivity contribution in [3.05, 3.63) is 34.9 Å². The lowest BCUT2D eigenvalue weighted by Gasteiger charge is -2.13. The molecule has 0 aliphatic heterocycles. The summed E-state index contributed by atoms with van der Waals surface area (Å²) in [5.74, 6) is 0. The van der Waals surface area contributed by atoms with Gasteiger partial charge in [0.15, 0.2) is 0 Å². The molecule has 0 radical (unpaired) electrons. The number of rotatable bonds is 2. The van der Waals surface area contributed by atoms with Crippen LogP contribution in [0.25, 0.3) is 0 Å². The predicted octanol–water partition coefficient (Wildman–Crippen LogP) is 2.99. The third kappa shape index (κ3) is 2.93. The first-order valence-corrected chi connectivity index (χ1v) is 4.13. The average molecular weight is 222 g/mol. The van der Waals surface area contributed by atoms with Gasteiger partial charge in [0.05, 0.1) is 6.04 Å². The number of hydrogen-bond donors (Lipinski definition) is 1. The predicted molar refractivity (Wildman–Crippen MR) is 56.1 cm³/mol. The zero-order valence-electron chi connectivity index (χ0n) is 8.13. The average Bonchev–Trinajstić information content (AvgIpc) is 2.03. The van der Waals surface area contributed by atoms with Gasteiger partial charge in [-0.1, -0.05) is 23.8 Å². The number of halogens is 3. The van der Waals surface area contributed by atoms with Crippen LogP contribution in [0.3, 0.4) is 0 Å². The van der Waals surface area contributed by atoms with Crippen LogP contribution in [0.2, 0.25) is 0 Å². The van der Waals surface area contributed by atoms with Crippen molar-refractivity contribution in [2.24, 2.45) is 5.73 Å². The SMILES string of the molecule is Cc1ccc([C@@H](N)C(F)F)c(C)c1.Cl. The van der Waals surface area contributed by atoms with E-state index in [9.17, 15) is 8.78 Å². The van der Waals surface area contributed by atoms with E-state index in [2.05, 4.69) is 0 Å². The molecular formula is C10H14ClF2N. The fraction of sp³-hybridized carbons (Fsp3) is 0.400. The van der Waals surface area contributed by atoms with Crippen molar-refractivity contribution in [2.45, 2.75) is 26.3 Å². The van der Waals surface area contributed by atoms with Gasteiger partial charge in [-0.2, -0.15) is 0 Å². The summed E-state index contributed by atoms with van der Waals surface area (Å²) in [5, 5.41) is 0. The molecule has 1 rings (SSSR count). The van der Waals surface area contributed by atoms with Crippen molar-refractivity contribution >= 4 is 12.4 Å². The Morgan fingerprint density at radius 3 is 2.21 bits per heavy atom. The molecule has 2 N–H and O–H groups in total. The summed E-state index contributed by atoms with van der Waals surface area (Å²) in [4.78, 5) is 0. The quantitative estimate of drug-likeness (QED) is 0.817. The molecule has 0 heterocycles. The molecule has 1 aromatic carbocycles. The van der Waals surface area contributed by atoms with E-state index in [4.69, 9.17) is 5.73 Å². The topological polar surface area (TPSA) is 26.0 Å². The second-order valence-electron chi connectivity index (χ2n) is 3.22. The lowest BCUT2D eigenvalue weighted by molar-refractivity contribution is 0.116. The third-order valence-corrected chi connectivity index (χ3v) is 2.06. The monoisotopic (exact) mass is 221 g/mol. The summed E-state index contributed by atoms with van der Waals surface area (Å²) < 4.78 is 24.5. The highest BCUT2D eigenvalue weighted by Crippen LogP contribution is 2.21. The molecule has 0 unspecified atom stereocenters. The Balaban J connectivity index is 0.00000169. The fourth-order valence-corrected chi connectivity index (χ4v) is 1.34. The minimum atomic E-state index is -2.50. The summed E-state index contributed by atoms with van der Waals surface area (Å²) >= 11 is 0. The number of alkyl halides is 2. The van der Waals surface area contributed by atoms with Crippen molar-refractivity contribution in [3.63, 3.8) is 0 Å². The molecule has 1 nitrogen and oxygen atoms in total. The maximum absolute atomic E-state index is 12.3. The molecule has 0 spiro atoms. The molecule has 1 atom stereocenters. The molecule has 80 valence electrons. The van der Waals surface area contributed by atoms with E-state index in [1.165, 1.54) is 0 Å². The molecule has 14 heavy (non-hydrogen) atoms. The summed E-state index contributed by atoms with van der Waals surface area (Å²) in [5.41, 5.74) is 7.75. The van der Waals surface area contributed by atoms with Crippen LogP contribution in [-0.4, -0.2) is 6.43 Å². The fourth-order valence-electron chi connectivity index (χ4n) is 1.34. The maximum Gasteiger partial charge on any atom is 0.257 e. The van der Waals surface area contributed by atoms with E-state index in [1.807, 2.05) is 13.0 Å². The minimum Gasteiger partial charge on any atom is -0.319 e. The van der Waals surface area contributed by atoms with Gasteiger partial charge in [0.1, 0.15) is 0 Å². The van der Waals surface area contributed by atoms with E-state index in [-0.39, 0.29) is 12.4 Å². The smallest absolute Gasteiger partial charge is 0.257 e. The van der Waals surface area contributed by atoms with Crippen molar-refractivity contribution in [1.29, 1.82) is 0 Å². The molecule has 1 aromatic rings. The first-order valence-electron chi connectivity index (χ1n) is 4.13. The van der Waals surface area contributed by atoms with Crippen LogP contribution in [0.1, 0.15) is 22.7 Å². The maximum atomic E-state index is 12.3. The van der Waals surface area contributed by atoms with E-state index >= 15 is 0 Å². The van der Waals surface area contributed by atoms with Crippen LogP contribution < -0.4 is 5.73 Å². The molecule has 4 heteroatoms. The molecule has 0 bridgehead atoms. The largest absolute Gasteiger partial charge is 0.319 e. The van der Waals surface area contributed by atoms with E-state index in [1.54, 1.807) is 19.1 Å². The molecule has 0 aliphatic rings. The summed E-state index contributed by atoms with van der Waals surface area (Å²) in [6, 6.07) is 4.16. The standard InChI is InChI=1S/C10H13F2N.ClH/c1-6-3-4-8(7(2)5-6)9(13)10(11)12;/h3-5,9-10H,13H2,1-2H3;1H/t9-;/m1./s1. The molecule has 0 aliphatic carbocycles. The highest BCUT2D eigenvalue weighted by molar-refractivity contribution is 5.85. The summed E-state index contributed by atoms with van der Waals surface area (Å²) in [6.45, 7) is 3.72. The van der Waals surface area contributed by atoms with Crippen LogP contribution in [0.4, 0.5) is 8.78 Å². The number of nitrogens with two attached hydrogens (primary N) is 1. The van der Waals surface area contributed by atoms with Gasteiger partial charge in [-0.25, -0.2) is 8.78 Å². The van der Waals surface area contributed by atoms with Gasteiger partial charge in [0, 0.05) is 0 Å². The number of hydrogen-bond acceptors (Lipinski definition) is 1. The highest BCUT2D eigenvalue weighted by Gasteiger charge is 2.18. The Morgan fingerprint density at radius 2 is 1.79 bits per heavy atom. The Hall–Kier alpha value is -0.670. The lowest BCUT2D eigenvalue weighted by atomic mass is 10.0. The van der Waals surface area contributed by atoms with Crippen LogP contribution >= 0.6 is 12.4 Å². The van der Waals surface area contributed by atoms with Crippen LogP contribution in [-0.2, 0) is 0 Å². The highest BCUT2D eigenvalue weighted by atomic mass is 35.5. The van der Waals surface area contributed by atoms with Gasteiger partial charge < -0.3 is 5.73 Å². The number of benzene rings is 1. The zero-order chi connectivity index (χ0) is 10.0. The van der Waals surface area contributed by atoms with Gasteiger partial charge >= 0.3 is 0 Å². The molecule has 0 aromatic heterocycles. The summed E-state index contributed by atoms with van der Waals surface area (Å²) in [6.07, 6.45) is -2.50. The molecular weight excluding hydrogens is 208 g/mol. The van der Waals surface area contributed by atoms with Gasteiger partial charge in [0.2, 0.25) is 0 Å². The molecule has 0 fully saturated rings. The third-order valence-electron chi connectivity index (χ3n) is 2.06. The van der Waals surface area contributed by atoms with Gasteiger partial charge in [0.25, 0.3) is 6.43 Å². The number of aryl methyl sites for hydroxylation is 2. The van der Waals surface area contributed by atoms with Crippen LogP contribution in [0.15, 0.2) is 18.2 Å².